The maximum Gasteiger partial charge on any atom is 0.330 e. The highest BCUT2D eigenvalue weighted by atomic mass is 35.5. The molecule has 1 amide bonds. The van der Waals surface area contributed by atoms with Crippen molar-refractivity contribution in [2.24, 2.45) is 22.7 Å². The van der Waals surface area contributed by atoms with Crippen LogP contribution in [0.4, 0.5) is 4.39 Å². The van der Waals surface area contributed by atoms with Gasteiger partial charge in [-0.15, -0.1) is 0 Å². The number of aliphatic imine (C=N–C) groups is 1. The van der Waals surface area contributed by atoms with Gasteiger partial charge in [0.1, 0.15) is 17.6 Å². The Bertz CT molecular complexity index is 1060. The summed E-state index contributed by atoms with van der Waals surface area (Å²) in [4.78, 5) is 32.0. The average Bonchev–Trinajstić information content (AvgIpc) is 3.81. The molecule has 2 unspecified atom stereocenters. The van der Waals surface area contributed by atoms with Crippen LogP contribution in [-0.4, -0.2) is 73.6 Å². The Hall–Kier alpha value is -2.65. The van der Waals surface area contributed by atoms with E-state index in [-0.39, 0.29) is 18.6 Å². The van der Waals surface area contributed by atoms with Gasteiger partial charge in [-0.25, -0.2) is 9.18 Å². The van der Waals surface area contributed by atoms with Gasteiger partial charge in [-0.1, -0.05) is 17.7 Å². The lowest BCUT2D eigenvalue weighted by Crippen LogP contribution is -2.47. The number of nitrogens with zero attached hydrogens (tertiary/aromatic N) is 3. The van der Waals surface area contributed by atoms with E-state index in [2.05, 4.69) is 19.9 Å². The number of carbonyl (C=O) groups excluding carboxylic acids is 2. The van der Waals surface area contributed by atoms with Crippen molar-refractivity contribution < 1.29 is 23.5 Å². The number of benzene rings is 1. The number of piperidine rings is 1. The zero-order valence-corrected chi connectivity index (χ0v) is 21.1. The summed E-state index contributed by atoms with van der Waals surface area (Å²) in [5.74, 6) is 1.45. The van der Waals surface area contributed by atoms with E-state index in [1.165, 1.54) is 37.3 Å². The number of ether oxygens (including phenoxy) is 2. The molecule has 194 valence electrons. The van der Waals surface area contributed by atoms with Crippen LogP contribution in [0, 0.1) is 23.6 Å². The summed E-state index contributed by atoms with van der Waals surface area (Å²) >= 11 is 5.93. The molecule has 3 aliphatic heterocycles. The van der Waals surface area contributed by atoms with E-state index in [9.17, 15) is 14.0 Å². The first-order valence-electron chi connectivity index (χ1n) is 12.6. The number of carbonyl (C=O) groups is 2. The largest absolute Gasteiger partial charge is 0.493 e. The third kappa shape index (κ3) is 5.83. The van der Waals surface area contributed by atoms with Gasteiger partial charge >= 0.3 is 5.97 Å². The molecule has 36 heavy (non-hydrogen) atoms. The second-order valence-electron chi connectivity index (χ2n) is 10.0. The van der Waals surface area contributed by atoms with E-state index < -0.39 is 17.8 Å². The molecule has 4 atom stereocenters. The Kier molecular flexibility index (Phi) is 7.48. The van der Waals surface area contributed by atoms with Gasteiger partial charge in [0, 0.05) is 31.6 Å². The molecular weight excluding hydrogens is 487 g/mol. The normalized spacial score (nSPS) is 27.8. The summed E-state index contributed by atoms with van der Waals surface area (Å²) in [6, 6.07) is 4.09. The van der Waals surface area contributed by atoms with E-state index in [1.54, 1.807) is 24.5 Å². The average molecular weight is 519 g/mol. The zero-order chi connectivity index (χ0) is 25.2. The van der Waals surface area contributed by atoms with E-state index in [1.807, 2.05) is 0 Å². The van der Waals surface area contributed by atoms with Gasteiger partial charge in [0.15, 0.2) is 6.29 Å². The Morgan fingerprint density at radius 2 is 2.08 bits per heavy atom. The van der Waals surface area contributed by atoms with Gasteiger partial charge in [0.05, 0.1) is 31.7 Å². The molecular formula is C26H32ClFN4O4. The van der Waals surface area contributed by atoms with E-state index >= 15 is 0 Å². The highest BCUT2D eigenvalue weighted by Gasteiger charge is 2.45. The molecule has 0 bridgehead atoms. The number of likely N-dealkylation sites (tertiary alicyclic amines) is 1. The highest BCUT2D eigenvalue weighted by Crippen LogP contribution is 2.49. The fourth-order valence-corrected chi connectivity index (χ4v) is 5.57. The summed E-state index contributed by atoms with van der Waals surface area (Å²) in [7, 11) is 1.29. The molecule has 1 aliphatic carbocycles. The number of methoxy groups -OCH3 is 1. The minimum atomic E-state index is -0.535. The van der Waals surface area contributed by atoms with Crippen LogP contribution in [0.3, 0.4) is 0 Å². The third-order valence-electron chi connectivity index (χ3n) is 7.74. The van der Waals surface area contributed by atoms with Crippen molar-refractivity contribution in [1.82, 2.24) is 15.1 Å². The molecule has 1 N–H and O–H groups in total. The first kappa shape index (κ1) is 25.0. The molecule has 1 aromatic carbocycles. The molecule has 10 heteroatoms. The first-order chi connectivity index (χ1) is 17.4. The van der Waals surface area contributed by atoms with Crippen molar-refractivity contribution in [3.8, 4) is 5.75 Å². The molecule has 2 saturated heterocycles. The maximum atomic E-state index is 14.5. The number of nitrogens with one attached hydrogen (secondary N) is 1. The van der Waals surface area contributed by atoms with Crippen molar-refractivity contribution >= 4 is 29.7 Å². The van der Waals surface area contributed by atoms with Crippen LogP contribution < -0.4 is 10.1 Å². The van der Waals surface area contributed by atoms with Gasteiger partial charge in [0.2, 0.25) is 5.91 Å². The van der Waals surface area contributed by atoms with Crippen LogP contribution in [0.1, 0.15) is 31.2 Å². The number of halogens is 2. The summed E-state index contributed by atoms with van der Waals surface area (Å²) < 4.78 is 25.0. The van der Waals surface area contributed by atoms with Crippen LogP contribution in [0.15, 0.2) is 34.4 Å². The number of hydrogen-bond acceptors (Lipinski definition) is 7. The molecule has 8 nitrogen and oxygen atoms in total. The van der Waals surface area contributed by atoms with Crippen LogP contribution >= 0.6 is 11.6 Å². The number of amides is 1. The second-order valence-corrected chi connectivity index (χ2v) is 10.5. The zero-order valence-electron chi connectivity index (χ0n) is 20.4. The molecule has 3 fully saturated rings. The standard InChI is InChI=1S/C26H32ClFN4O4/c1-35-25(34)23-15-32(23)24(33)11-18-2-3-20(12-22(18)28)36-9-6-17-10-21(17)16-4-7-31(8-5-16)26-29-13-19(27)14-30-26/h2-3,12-14,16-17,21,23,26,29H,4-11,15H2,1H3/t17-,21-,23?,26?,32?/m1/s1. The monoisotopic (exact) mass is 518 g/mol. The van der Waals surface area contributed by atoms with Crippen LogP contribution in [0.25, 0.3) is 0 Å². The van der Waals surface area contributed by atoms with Crippen LogP contribution in [0.2, 0.25) is 0 Å². The Labute approximate surface area is 215 Å². The molecule has 0 aromatic heterocycles. The highest BCUT2D eigenvalue weighted by molar-refractivity contribution is 6.39. The second kappa shape index (κ2) is 10.8. The minimum absolute atomic E-state index is 0.00950. The van der Waals surface area contributed by atoms with Gasteiger partial charge in [0.25, 0.3) is 0 Å². The topological polar surface area (TPSA) is 83.2 Å². The van der Waals surface area contributed by atoms with Crippen LogP contribution in [-0.2, 0) is 20.7 Å². The van der Waals surface area contributed by atoms with Crippen molar-refractivity contribution in [2.75, 3.05) is 33.4 Å². The first-order valence-corrected chi connectivity index (χ1v) is 13.0. The third-order valence-corrected chi connectivity index (χ3v) is 7.95. The SMILES string of the molecule is COC(=O)C1CN1C(=O)Cc1ccc(OCC[C@@H]2C[C@@H]2C2CCN(C3N=CC(Cl)=CN3)CC2)cc1F. The lowest BCUT2D eigenvalue weighted by atomic mass is 9.90. The predicted octanol–water partition coefficient (Wildman–Crippen LogP) is 2.91. The summed E-state index contributed by atoms with van der Waals surface area (Å²) in [5.41, 5.74) is 0.296. The van der Waals surface area contributed by atoms with E-state index in [0.717, 1.165) is 31.3 Å². The van der Waals surface area contributed by atoms with Crippen molar-refractivity contribution in [3.63, 3.8) is 0 Å². The van der Waals surface area contributed by atoms with Crippen molar-refractivity contribution in [1.29, 1.82) is 0 Å². The Balaban J connectivity index is 1.00. The van der Waals surface area contributed by atoms with Crippen molar-refractivity contribution in [3.05, 3.63) is 40.8 Å². The maximum absolute atomic E-state index is 14.5. The summed E-state index contributed by atoms with van der Waals surface area (Å²) in [6.45, 7) is 2.94. The Morgan fingerprint density at radius 3 is 2.78 bits per heavy atom. The number of rotatable bonds is 9. The molecule has 3 heterocycles. The quantitative estimate of drug-likeness (QED) is 0.400. The Morgan fingerprint density at radius 1 is 1.28 bits per heavy atom. The molecule has 1 saturated carbocycles. The fourth-order valence-electron chi connectivity index (χ4n) is 5.45. The van der Waals surface area contributed by atoms with Gasteiger partial charge in [-0.05, 0) is 55.1 Å². The summed E-state index contributed by atoms with van der Waals surface area (Å²) in [6.07, 6.45) is 7.97. The molecule has 1 aromatic rings. The fraction of sp³-hybridized carbons (Fsp3) is 0.577. The number of allylic oxidation sites excluding steroid dienone is 1. The van der Waals surface area contributed by atoms with Crippen LogP contribution in [0.5, 0.6) is 5.75 Å². The molecule has 4 aliphatic rings. The van der Waals surface area contributed by atoms with Gasteiger partial charge in [-0.2, -0.15) is 0 Å². The van der Waals surface area contributed by atoms with Gasteiger partial charge < -0.3 is 19.7 Å². The molecule has 0 radical (unpaired) electrons. The smallest absolute Gasteiger partial charge is 0.330 e. The number of esters is 1. The lowest BCUT2D eigenvalue weighted by Gasteiger charge is -2.36. The van der Waals surface area contributed by atoms with E-state index in [4.69, 9.17) is 16.3 Å². The van der Waals surface area contributed by atoms with E-state index in [0.29, 0.717) is 35.4 Å². The minimum Gasteiger partial charge on any atom is -0.493 e. The predicted molar refractivity (Wildman–Crippen MR) is 133 cm³/mol. The molecule has 0 spiro atoms. The lowest BCUT2D eigenvalue weighted by molar-refractivity contribution is -0.142. The molecule has 5 rings (SSSR count). The van der Waals surface area contributed by atoms with Crippen molar-refractivity contribution in [2.45, 2.75) is 44.4 Å². The summed E-state index contributed by atoms with van der Waals surface area (Å²) in [5, 5.41) is 3.86. The number of hydrogen-bond donors (Lipinski definition) is 1. The van der Waals surface area contributed by atoms with Gasteiger partial charge in [-0.3, -0.25) is 14.7 Å².